The minimum absolute atomic E-state index is 0.0871. The molecule has 0 atom stereocenters. The SMILES string of the molecule is CC(=O)c1ccc(C2CCCCCC2)c(N)c1. The Kier molecular flexibility index (Phi) is 3.82. The van der Waals surface area contributed by atoms with Gasteiger partial charge in [-0.1, -0.05) is 37.8 Å². The van der Waals surface area contributed by atoms with Gasteiger partial charge in [-0.15, -0.1) is 0 Å². The normalized spacial score (nSPS) is 17.7. The van der Waals surface area contributed by atoms with E-state index in [2.05, 4.69) is 6.07 Å². The van der Waals surface area contributed by atoms with Crippen LogP contribution >= 0.6 is 0 Å². The van der Waals surface area contributed by atoms with Crippen LogP contribution in [0.25, 0.3) is 0 Å². The molecule has 1 aliphatic carbocycles. The summed E-state index contributed by atoms with van der Waals surface area (Å²) < 4.78 is 0. The zero-order valence-electron chi connectivity index (χ0n) is 10.5. The maximum atomic E-state index is 11.3. The number of ketones is 1. The van der Waals surface area contributed by atoms with Crippen LogP contribution in [0.5, 0.6) is 0 Å². The topological polar surface area (TPSA) is 43.1 Å². The average Bonchev–Trinajstić information content (AvgIpc) is 2.57. The number of rotatable bonds is 2. The van der Waals surface area contributed by atoms with Gasteiger partial charge in [0, 0.05) is 11.3 Å². The number of anilines is 1. The molecule has 0 aliphatic heterocycles. The highest BCUT2D eigenvalue weighted by Gasteiger charge is 2.17. The fourth-order valence-electron chi connectivity index (χ4n) is 2.76. The minimum Gasteiger partial charge on any atom is -0.398 e. The average molecular weight is 231 g/mol. The molecule has 0 amide bonds. The van der Waals surface area contributed by atoms with Gasteiger partial charge in [0.2, 0.25) is 0 Å². The lowest BCUT2D eigenvalue weighted by atomic mass is 9.89. The summed E-state index contributed by atoms with van der Waals surface area (Å²) in [4.78, 5) is 11.3. The number of carbonyl (C=O) groups excluding carboxylic acids is 1. The second-order valence-corrected chi connectivity index (χ2v) is 5.09. The maximum absolute atomic E-state index is 11.3. The van der Waals surface area contributed by atoms with E-state index in [4.69, 9.17) is 5.73 Å². The Morgan fingerprint density at radius 2 is 1.82 bits per heavy atom. The van der Waals surface area contributed by atoms with Gasteiger partial charge in [-0.3, -0.25) is 4.79 Å². The Morgan fingerprint density at radius 3 is 2.35 bits per heavy atom. The number of nitrogen functional groups attached to an aromatic ring is 1. The molecular formula is C15H21NO. The molecule has 0 bridgehead atoms. The summed E-state index contributed by atoms with van der Waals surface area (Å²) in [7, 11) is 0. The molecule has 1 aromatic carbocycles. The van der Waals surface area contributed by atoms with Crippen molar-refractivity contribution < 1.29 is 4.79 Å². The van der Waals surface area contributed by atoms with E-state index >= 15 is 0 Å². The van der Waals surface area contributed by atoms with Gasteiger partial charge >= 0.3 is 0 Å². The highest BCUT2D eigenvalue weighted by atomic mass is 16.1. The van der Waals surface area contributed by atoms with Gasteiger partial charge in [0.1, 0.15) is 0 Å². The van der Waals surface area contributed by atoms with Crippen LogP contribution in [0.1, 0.15) is 67.3 Å². The zero-order valence-corrected chi connectivity index (χ0v) is 10.5. The van der Waals surface area contributed by atoms with Crippen molar-refractivity contribution in [3.63, 3.8) is 0 Å². The highest BCUT2D eigenvalue weighted by Crippen LogP contribution is 2.34. The van der Waals surface area contributed by atoms with E-state index in [9.17, 15) is 4.79 Å². The van der Waals surface area contributed by atoms with Gasteiger partial charge in [-0.05, 0) is 37.3 Å². The smallest absolute Gasteiger partial charge is 0.159 e. The van der Waals surface area contributed by atoms with E-state index < -0.39 is 0 Å². The quantitative estimate of drug-likeness (QED) is 0.476. The second-order valence-electron chi connectivity index (χ2n) is 5.09. The molecule has 1 fully saturated rings. The summed E-state index contributed by atoms with van der Waals surface area (Å²) >= 11 is 0. The Bertz CT molecular complexity index is 403. The van der Waals surface area contributed by atoms with E-state index in [0.29, 0.717) is 5.92 Å². The third-order valence-electron chi connectivity index (χ3n) is 3.79. The number of benzene rings is 1. The third-order valence-corrected chi connectivity index (χ3v) is 3.79. The molecule has 2 nitrogen and oxygen atoms in total. The van der Waals surface area contributed by atoms with Gasteiger partial charge < -0.3 is 5.73 Å². The first-order chi connectivity index (χ1) is 8.18. The maximum Gasteiger partial charge on any atom is 0.159 e. The molecule has 2 N–H and O–H groups in total. The van der Waals surface area contributed by atoms with Gasteiger partial charge in [-0.2, -0.15) is 0 Å². The summed E-state index contributed by atoms with van der Waals surface area (Å²) in [5.41, 5.74) is 8.85. The van der Waals surface area contributed by atoms with Crippen LogP contribution < -0.4 is 5.73 Å². The predicted octanol–water partition coefficient (Wildman–Crippen LogP) is 3.91. The van der Waals surface area contributed by atoms with Gasteiger partial charge in [0.05, 0.1) is 0 Å². The van der Waals surface area contributed by atoms with Crippen molar-refractivity contribution in [3.8, 4) is 0 Å². The molecule has 17 heavy (non-hydrogen) atoms. The van der Waals surface area contributed by atoms with Crippen LogP contribution in [0.4, 0.5) is 5.69 Å². The number of hydrogen-bond donors (Lipinski definition) is 1. The van der Waals surface area contributed by atoms with Crippen molar-refractivity contribution in [1.29, 1.82) is 0 Å². The molecule has 1 aliphatic rings. The fraction of sp³-hybridized carbons (Fsp3) is 0.533. The molecule has 0 heterocycles. The summed E-state index contributed by atoms with van der Waals surface area (Å²) in [6, 6.07) is 5.81. The molecule has 1 saturated carbocycles. The first-order valence-corrected chi connectivity index (χ1v) is 6.59. The Morgan fingerprint density at radius 1 is 1.18 bits per heavy atom. The summed E-state index contributed by atoms with van der Waals surface area (Å²) in [6.45, 7) is 1.58. The number of nitrogens with two attached hydrogens (primary N) is 1. The van der Waals surface area contributed by atoms with Crippen LogP contribution in [0, 0.1) is 0 Å². The van der Waals surface area contributed by atoms with Gasteiger partial charge in [0.15, 0.2) is 5.78 Å². The molecule has 2 rings (SSSR count). The van der Waals surface area contributed by atoms with Crippen LogP contribution in [-0.2, 0) is 0 Å². The lowest BCUT2D eigenvalue weighted by Crippen LogP contribution is -2.04. The minimum atomic E-state index is 0.0871. The third kappa shape index (κ3) is 2.87. The Hall–Kier alpha value is -1.31. The predicted molar refractivity (Wildman–Crippen MR) is 71.3 cm³/mol. The molecule has 2 heteroatoms. The van der Waals surface area contributed by atoms with E-state index in [-0.39, 0.29) is 5.78 Å². The van der Waals surface area contributed by atoms with Crippen molar-refractivity contribution in [2.24, 2.45) is 0 Å². The fourth-order valence-corrected chi connectivity index (χ4v) is 2.76. The molecule has 1 aromatic rings. The van der Waals surface area contributed by atoms with Gasteiger partial charge in [0.25, 0.3) is 0 Å². The zero-order chi connectivity index (χ0) is 12.3. The molecule has 0 saturated heterocycles. The molecule has 0 aromatic heterocycles. The van der Waals surface area contributed by atoms with Crippen molar-refractivity contribution in [1.82, 2.24) is 0 Å². The van der Waals surface area contributed by atoms with E-state index in [1.165, 1.54) is 44.1 Å². The van der Waals surface area contributed by atoms with Crippen LogP contribution in [0.2, 0.25) is 0 Å². The number of hydrogen-bond acceptors (Lipinski definition) is 2. The molecular weight excluding hydrogens is 210 g/mol. The molecule has 0 spiro atoms. The van der Waals surface area contributed by atoms with Crippen molar-refractivity contribution in [2.75, 3.05) is 5.73 Å². The van der Waals surface area contributed by atoms with Crippen molar-refractivity contribution in [3.05, 3.63) is 29.3 Å². The lowest BCUT2D eigenvalue weighted by molar-refractivity contribution is 0.101. The number of Topliss-reactive ketones (excluding diaryl/α,β-unsaturated/α-hetero) is 1. The van der Waals surface area contributed by atoms with Crippen molar-refractivity contribution in [2.45, 2.75) is 51.4 Å². The van der Waals surface area contributed by atoms with Gasteiger partial charge in [-0.25, -0.2) is 0 Å². The van der Waals surface area contributed by atoms with Crippen molar-refractivity contribution >= 4 is 11.5 Å². The molecule has 0 radical (unpaired) electrons. The van der Waals surface area contributed by atoms with Crippen LogP contribution in [0.15, 0.2) is 18.2 Å². The first-order valence-electron chi connectivity index (χ1n) is 6.59. The summed E-state index contributed by atoms with van der Waals surface area (Å²) in [5.74, 6) is 0.683. The van der Waals surface area contributed by atoms with Crippen LogP contribution in [0.3, 0.4) is 0 Å². The Labute approximate surface area is 103 Å². The molecule has 92 valence electrons. The Balaban J connectivity index is 2.22. The standard InChI is InChI=1S/C15H21NO/c1-11(17)13-8-9-14(15(16)10-13)12-6-4-2-3-5-7-12/h8-10,12H,2-7,16H2,1H3. The lowest BCUT2D eigenvalue weighted by Gasteiger charge is -2.17. The van der Waals surface area contributed by atoms with E-state index in [0.717, 1.165) is 11.3 Å². The summed E-state index contributed by atoms with van der Waals surface area (Å²) in [6.07, 6.45) is 7.79. The highest BCUT2D eigenvalue weighted by molar-refractivity contribution is 5.95. The monoisotopic (exact) mass is 231 g/mol. The van der Waals surface area contributed by atoms with E-state index in [1.807, 2.05) is 12.1 Å². The van der Waals surface area contributed by atoms with E-state index in [1.54, 1.807) is 6.92 Å². The summed E-state index contributed by atoms with van der Waals surface area (Å²) in [5, 5.41) is 0. The first kappa shape index (κ1) is 12.2. The molecule has 0 unspecified atom stereocenters. The second kappa shape index (κ2) is 5.35. The van der Waals surface area contributed by atoms with Crippen LogP contribution in [-0.4, -0.2) is 5.78 Å². The number of carbonyl (C=O) groups is 1. The largest absolute Gasteiger partial charge is 0.398 e.